The van der Waals surface area contributed by atoms with E-state index in [2.05, 4.69) is 15.9 Å². The van der Waals surface area contributed by atoms with Gasteiger partial charge in [-0.2, -0.15) is 0 Å². The largest absolute Gasteiger partial charge is 0.480 e. The molecule has 1 aliphatic rings. The molecule has 0 saturated carbocycles. The van der Waals surface area contributed by atoms with Crippen LogP contribution >= 0.6 is 27.7 Å². The average molecular weight is 330 g/mol. The van der Waals surface area contributed by atoms with Crippen molar-refractivity contribution in [3.05, 3.63) is 34.3 Å². The van der Waals surface area contributed by atoms with E-state index in [1.807, 2.05) is 24.3 Å². The minimum absolute atomic E-state index is 0.208. The number of aliphatic carboxylic acids is 1. The Bertz CT molecular complexity index is 477. The van der Waals surface area contributed by atoms with E-state index < -0.39 is 12.0 Å². The van der Waals surface area contributed by atoms with E-state index in [9.17, 15) is 9.59 Å². The first-order valence-corrected chi connectivity index (χ1v) is 7.23. The zero-order chi connectivity index (χ0) is 13.3. The maximum absolute atomic E-state index is 11.7. The number of thioether (sulfide) groups is 1. The molecule has 96 valence electrons. The standard InChI is InChI=1S/C12H12BrNO3S/c1-7(15)14-10(12(16)17)6-18-11(14)8-2-4-9(13)5-3-8/h2-5,10-11H,6H2,1H3,(H,16,17)/t10-,11-/m1/s1. The molecule has 1 aromatic rings. The molecule has 2 atom stereocenters. The van der Waals surface area contributed by atoms with Gasteiger partial charge in [0.25, 0.3) is 0 Å². The highest BCUT2D eigenvalue weighted by Gasteiger charge is 2.40. The first-order valence-electron chi connectivity index (χ1n) is 5.39. The SMILES string of the molecule is CC(=O)N1[C@@H](C(=O)O)CS[C@@H]1c1ccc(Br)cc1. The Hall–Kier alpha value is -1.01. The van der Waals surface area contributed by atoms with Crippen LogP contribution in [-0.2, 0) is 9.59 Å². The third kappa shape index (κ3) is 2.54. The number of carbonyl (C=O) groups excluding carboxylic acids is 1. The van der Waals surface area contributed by atoms with Crippen LogP contribution in [0, 0.1) is 0 Å². The fourth-order valence-corrected chi connectivity index (χ4v) is 3.70. The Labute approximate surface area is 117 Å². The summed E-state index contributed by atoms with van der Waals surface area (Å²) in [7, 11) is 0. The van der Waals surface area contributed by atoms with Crippen molar-refractivity contribution in [2.75, 3.05) is 5.75 Å². The van der Waals surface area contributed by atoms with Gasteiger partial charge in [0, 0.05) is 17.1 Å². The molecule has 1 aliphatic heterocycles. The van der Waals surface area contributed by atoms with E-state index in [-0.39, 0.29) is 11.3 Å². The lowest BCUT2D eigenvalue weighted by Crippen LogP contribution is -2.41. The van der Waals surface area contributed by atoms with E-state index in [1.165, 1.54) is 23.6 Å². The van der Waals surface area contributed by atoms with Crippen LogP contribution in [0.25, 0.3) is 0 Å². The quantitative estimate of drug-likeness (QED) is 0.905. The second-order valence-electron chi connectivity index (χ2n) is 4.02. The number of carboxylic acid groups (broad SMARTS) is 1. The van der Waals surface area contributed by atoms with Gasteiger partial charge in [0.15, 0.2) is 0 Å². The first-order chi connectivity index (χ1) is 8.50. The zero-order valence-corrected chi connectivity index (χ0v) is 12.1. The molecule has 2 rings (SSSR count). The van der Waals surface area contributed by atoms with Gasteiger partial charge in [-0.25, -0.2) is 4.79 Å². The highest BCUT2D eigenvalue weighted by Crippen LogP contribution is 2.41. The summed E-state index contributed by atoms with van der Waals surface area (Å²) in [5.74, 6) is -0.729. The van der Waals surface area contributed by atoms with E-state index in [0.717, 1.165) is 10.0 Å². The number of rotatable bonds is 2. The lowest BCUT2D eigenvalue weighted by molar-refractivity contribution is -0.148. The number of amides is 1. The van der Waals surface area contributed by atoms with Crippen LogP contribution in [0.5, 0.6) is 0 Å². The van der Waals surface area contributed by atoms with Crippen molar-refractivity contribution in [2.24, 2.45) is 0 Å². The molecule has 1 heterocycles. The number of nitrogens with zero attached hydrogens (tertiary/aromatic N) is 1. The molecule has 1 saturated heterocycles. The smallest absolute Gasteiger partial charge is 0.327 e. The number of hydrogen-bond donors (Lipinski definition) is 1. The maximum atomic E-state index is 11.7. The molecular formula is C12H12BrNO3S. The fraction of sp³-hybridized carbons (Fsp3) is 0.333. The van der Waals surface area contributed by atoms with Gasteiger partial charge in [-0.1, -0.05) is 28.1 Å². The van der Waals surface area contributed by atoms with Crippen molar-refractivity contribution in [1.29, 1.82) is 0 Å². The molecule has 1 aromatic carbocycles. The Morgan fingerprint density at radius 3 is 2.50 bits per heavy atom. The van der Waals surface area contributed by atoms with Gasteiger partial charge in [0.1, 0.15) is 11.4 Å². The molecule has 4 nitrogen and oxygen atoms in total. The highest BCUT2D eigenvalue weighted by atomic mass is 79.9. The molecule has 1 fully saturated rings. The normalized spacial score (nSPS) is 23.1. The van der Waals surface area contributed by atoms with Crippen molar-refractivity contribution in [3.8, 4) is 0 Å². The first kappa shape index (κ1) is 13.4. The number of halogens is 1. The van der Waals surface area contributed by atoms with E-state index in [1.54, 1.807) is 0 Å². The second-order valence-corrected chi connectivity index (χ2v) is 6.05. The Morgan fingerprint density at radius 1 is 1.39 bits per heavy atom. The number of carboxylic acids is 1. The van der Waals surface area contributed by atoms with Crippen LogP contribution in [-0.4, -0.2) is 33.7 Å². The molecule has 0 radical (unpaired) electrons. The third-order valence-corrected chi connectivity index (χ3v) is 4.66. The summed E-state index contributed by atoms with van der Waals surface area (Å²) in [6.07, 6.45) is 0. The van der Waals surface area contributed by atoms with Crippen molar-refractivity contribution in [3.63, 3.8) is 0 Å². The van der Waals surface area contributed by atoms with E-state index in [4.69, 9.17) is 5.11 Å². The second kappa shape index (κ2) is 5.32. The monoisotopic (exact) mass is 329 g/mol. The van der Waals surface area contributed by atoms with Crippen molar-refractivity contribution in [2.45, 2.75) is 18.3 Å². The van der Waals surface area contributed by atoms with E-state index >= 15 is 0 Å². The van der Waals surface area contributed by atoms with Gasteiger partial charge in [-0.3, -0.25) is 4.79 Å². The van der Waals surface area contributed by atoms with Gasteiger partial charge in [0.05, 0.1) is 0 Å². The molecule has 0 unspecified atom stereocenters. The summed E-state index contributed by atoms with van der Waals surface area (Å²) >= 11 is 4.83. The number of benzene rings is 1. The van der Waals surface area contributed by atoms with Crippen LogP contribution in [0.15, 0.2) is 28.7 Å². The maximum Gasteiger partial charge on any atom is 0.327 e. The van der Waals surface area contributed by atoms with Crippen molar-refractivity contribution >= 4 is 39.6 Å². The van der Waals surface area contributed by atoms with Crippen LogP contribution < -0.4 is 0 Å². The molecule has 1 N–H and O–H groups in total. The van der Waals surface area contributed by atoms with Gasteiger partial charge in [-0.15, -0.1) is 11.8 Å². The molecule has 18 heavy (non-hydrogen) atoms. The Kier molecular flexibility index (Phi) is 3.97. The van der Waals surface area contributed by atoms with Crippen LogP contribution in [0.4, 0.5) is 0 Å². The molecule has 6 heteroatoms. The van der Waals surface area contributed by atoms with Gasteiger partial charge in [-0.05, 0) is 17.7 Å². The molecule has 0 aromatic heterocycles. The van der Waals surface area contributed by atoms with Crippen LogP contribution in [0.2, 0.25) is 0 Å². The highest BCUT2D eigenvalue weighted by molar-refractivity contribution is 9.10. The Balaban J connectivity index is 2.30. The van der Waals surface area contributed by atoms with Crippen LogP contribution in [0.3, 0.4) is 0 Å². The van der Waals surface area contributed by atoms with Gasteiger partial charge in [0.2, 0.25) is 5.91 Å². The minimum Gasteiger partial charge on any atom is -0.480 e. The Morgan fingerprint density at radius 2 is 2.00 bits per heavy atom. The topological polar surface area (TPSA) is 57.6 Å². The number of hydrogen-bond acceptors (Lipinski definition) is 3. The zero-order valence-electron chi connectivity index (χ0n) is 9.67. The predicted octanol–water partition coefficient (Wildman–Crippen LogP) is 2.50. The molecule has 0 bridgehead atoms. The molecule has 0 aliphatic carbocycles. The summed E-state index contributed by atoms with van der Waals surface area (Å²) < 4.78 is 0.957. The number of carbonyl (C=O) groups is 2. The van der Waals surface area contributed by atoms with Crippen LogP contribution in [0.1, 0.15) is 17.9 Å². The predicted molar refractivity (Wildman–Crippen MR) is 73.3 cm³/mol. The molecular weight excluding hydrogens is 318 g/mol. The summed E-state index contributed by atoms with van der Waals surface area (Å²) in [5, 5.41) is 8.92. The fourth-order valence-electron chi connectivity index (χ4n) is 1.97. The summed E-state index contributed by atoms with van der Waals surface area (Å²) in [6.45, 7) is 1.41. The molecule has 1 amide bonds. The van der Waals surface area contributed by atoms with Crippen molar-refractivity contribution in [1.82, 2.24) is 4.90 Å². The lowest BCUT2D eigenvalue weighted by atomic mass is 10.2. The van der Waals surface area contributed by atoms with Crippen molar-refractivity contribution < 1.29 is 14.7 Å². The molecule has 0 spiro atoms. The third-order valence-electron chi connectivity index (χ3n) is 2.80. The average Bonchev–Trinajstić information content (AvgIpc) is 2.74. The summed E-state index contributed by atoms with van der Waals surface area (Å²) in [6, 6.07) is 6.86. The van der Waals surface area contributed by atoms with Gasteiger partial charge < -0.3 is 10.0 Å². The minimum atomic E-state index is -0.947. The van der Waals surface area contributed by atoms with Gasteiger partial charge >= 0.3 is 5.97 Å². The van der Waals surface area contributed by atoms with E-state index in [0.29, 0.717) is 5.75 Å². The summed E-state index contributed by atoms with van der Waals surface area (Å²) in [5.41, 5.74) is 0.946. The summed E-state index contributed by atoms with van der Waals surface area (Å²) in [4.78, 5) is 24.2. The lowest BCUT2D eigenvalue weighted by Gasteiger charge is -2.26.